The van der Waals surface area contributed by atoms with Crippen LogP contribution in [0.5, 0.6) is 0 Å². The zero-order valence-electron chi connectivity index (χ0n) is 17.4. The molecule has 0 radical (unpaired) electrons. The van der Waals surface area contributed by atoms with Crippen molar-refractivity contribution < 1.29 is 13.2 Å². The van der Waals surface area contributed by atoms with Crippen molar-refractivity contribution in [1.82, 2.24) is 14.1 Å². The Bertz CT molecular complexity index is 1140. The van der Waals surface area contributed by atoms with Gasteiger partial charge in [-0.05, 0) is 60.7 Å². The molecule has 1 aromatic heterocycles. The van der Waals surface area contributed by atoms with E-state index in [0.717, 1.165) is 24.1 Å². The van der Waals surface area contributed by atoms with E-state index in [4.69, 9.17) is 0 Å². The summed E-state index contributed by atoms with van der Waals surface area (Å²) in [5.41, 5.74) is 2.28. The lowest BCUT2D eigenvalue weighted by molar-refractivity contribution is -0.115. The maximum atomic E-state index is 12.9. The third-order valence-corrected chi connectivity index (χ3v) is 7.30. The van der Waals surface area contributed by atoms with Crippen molar-refractivity contribution in [2.75, 3.05) is 18.4 Å². The lowest BCUT2D eigenvalue weighted by Crippen LogP contribution is -2.39. The third-order valence-electron chi connectivity index (χ3n) is 5.42. The predicted molar refractivity (Wildman–Crippen MR) is 119 cm³/mol. The number of nitrogens with one attached hydrogen (secondary N) is 1. The van der Waals surface area contributed by atoms with Crippen LogP contribution < -0.4 is 5.32 Å². The summed E-state index contributed by atoms with van der Waals surface area (Å²) in [4.78, 5) is 12.7. The highest BCUT2D eigenvalue weighted by Crippen LogP contribution is 2.24. The van der Waals surface area contributed by atoms with Gasteiger partial charge < -0.3 is 5.32 Å². The Morgan fingerprint density at radius 3 is 2.58 bits per heavy atom. The van der Waals surface area contributed by atoms with Gasteiger partial charge >= 0.3 is 0 Å². The summed E-state index contributed by atoms with van der Waals surface area (Å²) in [5, 5.41) is 7.12. The van der Waals surface area contributed by atoms with Gasteiger partial charge in [0.15, 0.2) is 0 Å². The number of anilines is 1. The number of sulfonamides is 1. The van der Waals surface area contributed by atoms with Crippen LogP contribution >= 0.6 is 0 Å². The zero-order valence-corrected chi connectivity index (χ0v) is 18.3. The topological polar surface area (TPSA) is 84.3 Å². The Morgan fingerprint density at radius 1 is 1.13 bits per heavy atom. The normalized spacial score (nSPS) is 17.4. The Labute approximate surface area is 182 Å². The van der Waals surface area contributed by atoms with Crippen molar-refractivity contribution in [2.45, 2.75) is 31.1 Å². The highest BCUT2D eigenvalue weighted by Gasteiger charge is 2.28. The predicted octanol–water partition coefficient (Wildman–Crippen LogP) is 3.47. The second-order valence-corrected chi connectivity index (χ2v) is 9.93. The number of benzene rings is 2. The molecule has 1 N–H and O–H groups in total. The molecular weight excluding hydrogens is 412 g/mol. The zero-order chi connectivity index (χ0) is 21.8. The smallest absolute Gasteiger partial charge is 0.243 e. The van der Waals surface area contributed by atoms with Gasteiger partial charge in [0.25, 0.3) is 0 Å². The van der Waals surface area contributed by atoms with E-state index in [9.17, 15) is 13.2 Å². The molecule has 4 rings (SSSR count). The van der Waals surface area contributed by atoms with Crippen LogP contribution in [0.4, 0.5) is 5.69 Å². The summed E-state index contributed by atoms with van der Waals surface area (Å²) in [7, 11) is -3.50. The van der Waals surface area contributed by atoms with Gasteiger partial charge in [-0.1, -0.05) is 25.1 Å². The number of piperidine rings is 1. The van der Waals surface area contributed by atoms with Crippen LogP contribution in [0.2, 0.25) is 0 Å². The summed E-state index contributed by atoms with van der Waals surface area (Å²) in [6.07, 6.45) is 5.61. The molecule has 2 heterocycles. The van der Waals surface area contributed by atoms with Gasteiger partial charge in [-0.25, -0.2) is 13.1 Å². The first kappa shape index (κ1) is 21.3. The highest BCUT2D eigenvalue weighted by molar-refractivity contribution is 7.89. The van der Waals surface area contributed by atoms with Crippen molar-refractivity contribution in [3.8, 4) is 5.69 Å². The molecule has 31 heavy (non-hydrogen) atoms. The number of carbonyl (C=O) groups is 1. The Kier molecular flexibility index (Phi) is 6.20. The van der Waals surface area contributed by atoms with Crippen LogP contribution in [0.15, 0.2) is 71.9 Å². The average Bonchev–Trinajstić information content (AvgIpc) is 3.23. The molecule has 1 saturated heterocycles. The first-order chi connectivity index (χ1) is 14.9. The molecule has 0 saturated carbocycles. The number of hydrogen-bond donors (Lipinski definition) is 1. The molecule has 1 aliphatic rings. The van der Waals surface area contributed by atoms with Crippen molar-refractivity contribution >= 4 is 21.6 Å². The van der Waals surface area contributed by atoms with E-state index in [1.807, 2.05) is 36.5 Å². The molecule has 8 heteroatoms. The van der Waals surface area contributed by atoms with E-state index in [1.54, 1.807) is 39.4 Å². The van der Waals surface area contributed by atoms with Gasteiger partial charge in [0.1, 0.15) is 0 Å². The standard InChI is InChI=1S/C23H26N4O3S/c1-18-6-5-13-26(16-18)31(29,30)22-11-9-20(10-12-22)25-23(28)14-19-15-24-27(17-19)21-7-3-2-4-8-21/h2-4,7-12,15,17-18H,5-6,13-14,16H2,1H3,(H,25,28). The van der Waals surface area contributed by atoms with Crippen LogP contribution in [0.1, 0.15) is 25.3 Å². The van der Waals surface area contributed by atoms with Crippen LogP contribution in [0, 0.1) is 5.92 Å². The summed E-state index contributed by atoms with van der Waals surface area (Å²) in [6.45, 7) is 3.18. The lowest BCUT2D eigenvalue weighted by atomic mass is 10.0. The van der Waals surface area contributed by atoms with Crippen molar-refractivity contribution in [1.29, 1.82) is 0 Å². The van der Waals surface area contributed by atoms with Gasteiger partial charge in [-0.15, -0.1) is 0 Å². The fourth-order valence-corrected chi connectivity index (χ4v) is 5.39. The molecule has 7 nitrogen and oxygen atoms in total. The lowest BCUT2D eigenvalue weighted by Gasteiger charge is -2.30. The molecule has 0 aliphatic carbocycles. The summed E-state index contributed by atoms with van der Waals surface area (Å²) >= 11 is 0. The number of carbonyl (C=O) groups excluding carboxylic acids is 1. The molecule has 1 fully saturated rings. The van der Waals surface area contributed by atoms with Crippen molar-refractivity contribution in [3.63, 3.8) is 0 Å². The SMILES string of the molecule is CC1CCCN(S(=O)(=O)c2ccc(NC(=O)Cc3cnn(-c4ccccc4)c3)cc2)C1. The maximum Gasteiger partial charge on any atom is 0.243 e. The van der Waals surface area contributed by atoms with E-state index < -0.39 is 10.0 Å². The minimum Gasteiger partial charge on any atom is -0.326 e. The van der Waals surface area contributed by atoms with Gasteiger partial charge in [-0.3, -0.25) is 4.79 Å². The number of aromatic nitrogens is 2. The van der Waals surface area contributed by atoms with E-state index >= 15 is 0 Å². The Morgan fingerprint density at radius 2 is 1.87 bits per heavy atom. The minimum atomic E-state index is -3.50. The van der Waals surface area contributed by atoms with Gasteiger partial charge in [-0.2, -0.15) is 9.40 Å². The molecule has 0 bridgehead atoms. The fourth-order valence-electron chi connectivity index (χ4n) is 3.79. The molecular formula is C23H26N4O3S. The average molecular weight is 439 g/mol. The van der Waals surface area contributed by atoms with Gasteiger partial charge in [0.05, 0.1) is 23.2 Å². The van der Waals surface area contributed by atoms with Crippen molar-refractivity contribution in [2.24, 2.45) is 5.92 Å². The number of amides is 1. The van der Waals surface area contributed by atoms with Crippen LogP contribution in [-0.2, 0) is 21.2 Å². The van der Waals surface area contributed by atoms with Gasteiger partial charge in [0.2, 0.25) is 15.9 Å². The quantitative estimate of drug-likeness (QED) is 0.639. The highest BCUT2D eigenvalue weighted by atomic mass is 32.2. The third kappa shape index (κ3) is 5.03. The number of hydrogen-bond acceptors (Lipinski definition) is 4. The molecule has 1 unspecified atom stereocenters. The molecule has 162 valence electrons. The van der Waals surface area contributed by atoms with Crippen LogP contribution in [-0.4, -0.2) is 41.5 Å². The number of para-hydroxylation sites is 1. The largest absolute Gasteiger partial charge is 0.326 e. The summed E-state index contributed by atoms with van der Waals surface area (Å²) < 4.78 is 29.0. The Balaban J connectivity index is 1.38. The second kappa shape index (κ2) is 9.03. The van der Waals surface area contributed by atoms with Crippen molar-refractivity contribution in [3.05, 3.63) is 72.6 Å². The summed E-state index contributed by atoms with van der Waals surface area (Å²) in [6, 6.07) is 16.0. The molecule has 3 aromatic rings. The number of rotatable bonds is 6. The maximum absolute atomic E-state index is 12.9. The number of nitrogens with zero attached hydrogens (tertiary/aromatic N) is 3. The molecule has 1 amide bonds. The molecule has 2 aromatic carbocycles. The first-order valence-electron chi connectivity index (χ1n) is 10.4. The van der Waals surface area contributed by atoms with Gasteiger partial charge in [0, 0.05) is 25.0 Å². The van der Waals surface area contributed by atoms with Crippen LogP contribution in [0.25, 0.3) is 5.69 Å². The molecule has 1 atom stereocenters. The monoisotopic (exact) mass is 438 g/mol. The van der Waals surface area contributed by atoms with E-state index in [-0.39, 0.29) is 17.2 Å². The Hall–Kier alpha value is -2.97. The molecule has 0 spiro atoms. The summed E-state index contributed by atoms with van der Waals surface area (Å²) in [5.74, 6) is 0.182. The minimum absolute atomic E-state index is 0.179. The molecule has 1 aliphatic heterocycles. The second-order valence-electron chi connectivity index (χ2n) is 7.99. The first-order valence-corrected chi connectivity index (χ1v) is 11.8. The fraction of sp³-hybridized carbons (Fsp3) is 0.304. The van der Waals surface area contributed by atoms with E-state index in [0.29, 0.717) is 24.7 Å². The van der Waals surface area contributed by atoms with Crippen LogP contribution in [0.3, 0.4) is 0 Å². The van der Waals surface area contributed by atoms with E-state index in [2.05, 4.69) is 17.3 Å². The van der Waals surface area contributed by atoms with E-state index in [1.165, 1.54) is 0 Å².